The Morgan fingerprint density at radius 3 is 3.07 bits per heavy atom. The van der Waals surface area contributed by atoms with E-state index in [4.69, 9.17) is 4.74 Å². The van der Waals surface area contributed by atoms with Crippen molar-refractivity contribution in [1.82, 2.24) is 4.98 Å². The molecule has 1 aliphatic rings. The second kappa shape index (κ2) is 4.35. The van der Waals surface area contributed by atoms with Crippen LogP contribution in [0.3, 0.4) is 0 Å². The van der Waals surface area contributed by atoms with E-state index in [0.717, 1.165) is 12.8 Å². The van der Waals surface area contributed by atoms with E-state index in [1.54, 1.807) is 0 Å². The number of amides is 1. The molecule has 2 rings (SSSR count). The van der Waals surface area contributed by atoms with Crippen molar-refractivity contribution >= 4 is 11.6 Å². The average molecular weight is 210 g/mol. The summed E-state index contributed by atoms with van der Waals surface area (Å²) < 4.78 is 17.7. The summed E-state index contributed by atoms with van der Waals surface area (Å²) in [6.07, 6.45) is 2.54. The Kier molecular flexibility index (Phi) is 2.91. The lowest BCUT2D eigenvalue weighted by molar-refractivity contribution is -0.124. The van der Waals surface area contributed by atoms with Gasteiger partial charge in [0.1, 0.15) is 6.10 Å². The van der Waals surface area contributed by atoms with Gasteiger partial charge in [0.05, 0.1) is 11.9 Å². The van der Waals surface area contributed by atoms with E-state index in [-0.39, 0.29) is 12.0 Å². The van der Waals surface area contributed by atoms with Gasteiger partial charge in [0.2, 0.25) is 5.95 Å². The molecule has 1 N–H and O–H groups in total. The molecule has 1 aliphatic heterocycles. The molecule has 0 bridgehead atoms. The molecular weight excluding hydrogens is 199 g/mol. The van der Waals surface area contributed by atoms with Gasteiger partial charge in [-0.2, -0.15) is 4.39 Å². The van der Waals surface area contributed by atoms with Crippen molar-refractivity contribution < 1.29 is 13.9 Å². The molecule has 1 aromatic heterocycles. The first kappa shape index (κ1) is 10.0. The summed E-state index contributed by atoms with van der Waals surface area (Å²) >= 11 is 0. The van der Waals surface area contributed by atoms with E-state index in [0.29, 0.717) is 12.3 Å². The maximum absolute atomic E-state index is 12.5. The summed E-state index contributed by atoms with van der Waals surface area (Å²) in [7, 11) is 0. The number of aromatic nitrogens is 1. The van der Waals surface area contributed by atoms with Gasteiger partial charge in [0, 0.05) is 6.61 Å². The fraction of sp³-hybridized carbons (Fsp3) is 0.400. The monoisotopic (exact) mass is 210 g/mol. The maximum Gasteiger partial charge on any atom is 0.253 e. The van der Waals surface area contributed by atoms with Gasteiger partial charge >= 0.3 is 0 Å². The minimum atomic E-state index is -0.565. The Labute approximate surface area is 86.5 Å². The van der Waals surface area contributed by atoms with Crippen molar-refractivity contribution in [2.75, 3.05) is 11.9 Å². The minimum Gasteiger partial charge on any atom is -0.368 e. The second-order valence-electron chi connectivity index (χ2n) is 3.36. The first-order valence-corrected chi connectivity index (χ1v) is 4.80. The van der Waals surface area contributed by atoms with Crippen LogP contribution >= 0.6 is 0 Å². The van der Waals surface area contributed by atoms with Crippen LogP contribution in [0, 0.1) is 5.95 Å². The number of pyridine rings is 1. The fourth-order valence-corrected chi connectivity index (χ4v) is 1.46. The van der Waals surface area contributed by atoms with Crippen LogP contribution in [0.4, 0.5) is 10.1 Å². The molecule has 1 atom stereocenters. The number of hydrogen-bond donors (Lipinski definition) is 1. The summed E-state index contributed by atoms with van der Waals surface area (Å²) in [5.41, 5.74) is 0.483. The lowest BCUT2D eigenvalue weighted by Crippen LogP contribution is -2.26. The van der Waals surface area contributed by atoms with E-state index >= 15 is 0 Å². The molecule has 15 heavy (non-hydrogen) atoms. The molecule has 1 amide bonds. The normalized spacial score (nSPS) is 20.2. The quantitative estimate of drug-likeness (QED) is 0.749. The van der Waals surface area contributed by atoms with Crippen molar-refractivity contribution in [3.63, 3.8) is 0 Å². The van der Waals surface area contributed by atoms with E-state index < -0.39 is 5.95 Å². The van der Waals surface area contributed by atoms with Crippen molar-refractivity contribution in [3.8, 4) is 0 Å². The van der Waals surface area contributed by atoms with Crippen molar-refractivity contribution in [2.24, 2.45) is 0 Å². The Morgan fingerprint density at radius 2 is 2.47 bits per heavy atom. The van der Waals surface area contributed by atoms with Crippen LogP contribution in [-0.4, -0.2) is 23.6 Å². The highest BCUT2D eigenvalue weighted by molar-refractivity contribution is 5.94. The van der Waals surface area contributed by atoms with Gasteiger partial charge in [-0.05, 0) is 25.0 Å². The highest BCUT2D eigenvalue weighted by atomic mass is 19.1. The van der Waals surface area contributed by atoms with Gasteiger partial charge in [-0.15, -0.1) is 0 Å². The third-order valence-electron chi connectivity index (χ3n) is 2.22. The van der Waals surface area contributed by atoms with Crippen LogP contribution in [-0.2, 0) is 9.53 Å². The molecule has 4 nitrogen and oxygen atoms in total. The standard InChI is InChI=1S/C10H11FN2O2/c11-9-4-3-7(6-12-9)13-10(14)8-2-1-5-15-8/h3-4,6,8H,1-2,5H2,(H,13,14). The van der Waals surface area contributed by atoms with Crippen LogP contribution in [0.25, 0.3) is 0 Å². The third kappa shape index (κ3) is 2.50. The molecule has 1 fully saturated rings. The van der Waals surface area contributed by atoms with Gasteiger partial charge in [0.15, 0.2) is 0 Å². The molecule has 0 radical (unpaired) electrons. The van der Waals surface area contributed by atoms with Crippen LogP contribution in [0.2, 0.25) is 0 Å². The summed E-state index contributed by atoms with van der Waals surface area (Å²) in [6, 6.07) is 2.67. The average Bonchev–Trinajstić information content (AvgIpc) is 2.74. The number of hydrogen-bond acceptors (Lipinski definition) is 3. The van der Waals surface area contributed by atoms with E-state index in [1.807, 2.05) is 0 Å². The molecule has 5 heteroatoms. The fourth-order valence-electron chi connectivity index (χ4n) is 1.46. The topological polar surface area (TPSA) is 51.2 Å². The maximum atomic E-state index is 12.5. The lowest BCUT2D eigenvalue weighted by Gasteiger charge is -2.09. The minimum absolute atomic E-state index is 0.194. The van der Waals surface area contributed by atoms with Crippen LogP contribution in [0.1, 0.15) is 12.8 Å². The Morgan fingerprint density at radius 1 is 1.60 bits per heavy atom. The number of ether oxygens (including phenoxy) is 1. The molecular formula is C10H11FN2O2. The van der Waals surface area contributed by atoms with Gasteiger partial charge in [0.25, 0.3) is 5.91 Å². The second-order valence-corrected chi connectivity index (χ2v) is 3.36. The lowest BCUT2D eigenvalue weighted by atomic mass is 10.2. The molecule has 0 aliphatic carbocycles. The molecule has 2 heterocycles. The largest absolute Gasteiger partial charge is 0.368 e. The Hall–Kier alpha value is -1.49. The zero-order chi connectivity index (χ0) is 10.7. The summed E-state index contributed by atoms with van der Waals surface area (Å²) in [5.74, 6) is -0.758. The highest BCUT2D eigenvalue weighted by Gasteiger charge is 2.23. The number of anilines is 1. The Bertz CT molecular complexity index is 347. The number of nitrogens with zero attached hydrogens (tertiary/aromatic N) is 1. The molecule has 1 saturated heterocycles. The first-order chi connectivity index (χ1) is 7.25. The predicted molar refractivity (Wildman–Crippen MR) is 51.8 cm³/mol. The molecule has 0 aromatic carbocycles. The molecule has 0 saturated carbocycles. The zero-order valence-corrected chi connectivity index (χ0v) is 8.07. The molecule has 1 aromatic rings. The van der Waals surface area contributed by atoms with Crippen LogP contribution < -0.4 is 5.32 Å². The Balaban J connectivity index is 1.96. The molecule has 1 unspecified atom stereocenters. The summed E-state index contributed by atoms with van der Waals surface area (Å²) in [5, 5.41) is 2.62. The zero-order valence-electron chi connectivity index (χ0n) is 8.07. The van der Waals surface area contributed by atoms with Crippen molar-refractivity contribution in [2.45, 2.75) is 18.9 Å². The third-order valence-corrected chi connectivity index (χ3v) is 2.22. The van der Waals surface area contributed by atoms with E-state index in [2.05, 4.69) is 10.3 Å². The van der Waals surface area contributed by atoms with E-state index in [1.165, 1.54) is 18.3 Å². The van der Waals surface area contributed by atoms with E-state index in [9.17, 15) is 9.18 Å². The highest BCUT2D eigenvalue weighted by Crippen LogP contribution is 2.14. The van der Waals surface area contributed by atoms with Gasteiger partial charge in [-0.25, -0.2) is 4.98 Å². The predicted octanol–water partition coefficient (Wildman–Crippen LogP) is 1.34. The van der Waals surface area contributed by atoms with Crippen molar-refractivity contribution in [3.05, 3.63) is 24.3 Å². The van der Waals surface area contributed by atoms with Crippen LogP contribution in [0.15, 0.2) is 18.3 Å². The summed E-state index contributed by atoms with van der Waals surface area (Å²) in [6.45, 7) is 0.625. The van der Waals surface area contributed by atoms with Gasteiger partial charge in [-0.1, -0.05) is 0 Å². The van der Waals surface area contributed by atoms with Gasteiger partial charge in [-0.3, -0.25) is 4.79 Å². The molecule has 0 spiro atoms. The number of rotatable bonds is 2. The smallest absolute Gasteiger partial charge is 0.253 e. The van der Waals surface area contributed by atoms with Gasteiger partial charge < -0.3 is 10.1 Å². The molecule has 80 valence electrons. The summed E-state index contributed by atoms with van der Waals surface area (Å²) in [4.78, 5) is 15.0. The number of carbonyl (C=O) groups excluding carboxylic acids is 1. The SMILES string of the molecule is O=C(Nc1ccc(F)nc1)C1CCCO1. The number of nitrogens with one attached hydrogen (secondary N) is 1. The van der Waals surface area contributed by atoms with Crippen LogP contribution in [0.5, 0.6) is 0 Å². The number of carbonyl (C=O) groups is 1. The number of halogens is 1. The first-order valence-electron chi connectivity index (χ1n) is 4.80. The van der Waals surface area contributed by atoms with Crippen molar-refractivity contribution in [1.29, 1.82) is 0 Å².